The van der Waals surface area contributed by atoms with Crippen molar-refractivity contribution in [3.8, 4) is 0 Å². The van der Waals surface area contributed by atoms with Gasteiger partial charge in [0, 0.05) is 6.54 Å². The number of unbranched alkanes of at least 4 members (excludes halogenated alkanes) is 14. The van der Waals surface area contributed by atoms with Gasteiger partial charge in [-0.05, 0) is 65.5 Å². The zero-order valence-corrected chi connectivity index (χ0v) is 22.5. The number of aliphatic carboxylic acids is 1. The van der Waals surface area contributed by atoms with Crippen LogP contribution in [0.1, 0.15) is 117 Å². The topological polar surface area (TPSA) is 43.4 Å². The molecule has 3 nitrogen and oxygen atoms in total. The van der Waals surface area contributed by atoms with Crippen LogP contribution in [0.2, 0.25) is 0 Å². The zero-order chi connectivity index (χ0) is 21.4. The number of carboxylic acids is 1. The molecule has 0 atom stereocenters. The maximum atomic E-state index is 11.0. The van der Waals surface area contributed by atoms with E-state index in [2.05, 4.69) is 43.1 Å². The molecule has 0 heterocycles. The molecule has 0 aliphatic carbocycles. The second-order valence-corrected chi connectivity index (χ2v) is 8.31. The fourth-order valence-electron chi connectivity index (χ4n) is 3.75. The third-order valence-electron chi connectivity index (χ3n) is 5.51. The SMILES string of the molecule is C/C=C/CCCCCCCCCN(CCCCCCCCC/C=C/C)CC(=O)[O-].[Na+]. The Morgan fingerprint density at radius 3 is 1.30 bits per heavy atom. The number of carboxylic acid groups (broad SMARTS) is 1. The van der Waals surface area contributed by atoms with E-state index in [-0.39, 0.29) is 36.1 Å². The Bertz CT molecular complexity index is 380. The van der Waals surface area contributed by atoms with E-state index < -0.39 is 5.97 Å². The summed E-state index contributed by atoms with van der Waals surface area (Å²) in [6.45, 7) is 6.06. The van der Waals surface area contributed by atoms with E-state index in [1.165, 1.54) is 89.9 Å². The van der Waals surface area contributed by atoms with E-state index in [1.54, 1.807) is 0 Å². The van der Waals surface area contributed by atoms with Gasteiger partial charge in [-0.3, -0.25) is 4.90 Å². The Labute approximate surface area is 210 Å². The molecule has 0 unspecified atom stereocenters. The molecule has 30 heavy (non-hydrogen) atoms. The van der Waals surface area contributed by atoms with E-state index in [0.29, 0.717) is 0 Å². The zero-order valence-electron chi connectivity index (χ0n) is 20.5. The van der Waals surface area contributed by atoms with Gasteiger partial charge in [-0.2, -0.15) is 0 Å². The summed E-state index contributed by atoms with van der Waals surface area (Å²) < 4.78 is 0. The van der Waals surface area contributed by atoms with Gasteiger partial charge in [0.15, 0.2) is 0 Å². The monoisotopic (exact) mass is 429 g/mol. The van der Waals surface area contributed by atoms with Crippen LogP contribution >= 0.6 is 0 Å². The van der Waals surface area contributed by atoms with Gasteiger partial charge >= 0.3 is 29.6 Å². The van der Waals surface area contributed by atoms with Crippen molar-refractivity contribution >= 4 is 5.97 Å². The van der Waals surface area contributed by atoms with Crippen molar-refractivity contribution in [2.45, 2.75) is 117 Å². The van der Waals surface area contributed by atoms with Crippen molar-refractivity contribution in [1.29, 1.82) is 0 Å². The quantitative estimate of drug-likeness (QED) is 0.150. The van der Waals surface area contributed by atoms with E-state index >= 15 is 0 Å². The molecule has 0 N–H and O–H groups in total. The molecule has 4 heteroatoms. The molecular formula is C26H48NNaO2. The van der Waals surface area contributed by atoms with Crippen molar-refractivity contribution in [3.05, 3.63) is 24.3 Å². The Morgan fingerprint density at radius 1 is 0.633 bits per heavy atom. The van der Waals surface area contributed by atoms with Crippen molar-refractivity contribution in [1.82, 2.24) is 4.90 Å². The summed E-state index contributed by atoms with van der Waals surface area (Å²) in [4.78, 5) is 13.1. The van der Waals surface area contributed by atoms with Gasteiger partial charge in [0.05, 0.1) is 5.97 Å². The van der Waals surface area contributed by atoms with Gasteiger partial charge in [-0.1, -0.05) is 88.5 Å². The Morgan fingerprint density at radius 2 is 0.967 bits per heavy atom. The van der Waals surface area contributed by atoms with Crippen molar-refractivity contribution in [2.24, 2.45) is 0 Å². The van der Waals surface area contributed by atoms with E-state index in [1.807, 2.05) is 0 Å². The molecule has 0 rings (SSSR count). The van der Waals surface area contributed by atoms with Crippen LogP contribution in [0.3, 0.4) is 0 Å². The fraction of sp³-hybridized carbons (Fsp3) is 0.808. The summed E-state index contributed by atoms with van der Waals surface area (Å²) in [6, 6.07) is 0. The summed E-state index contributed by atoms with van der Waals surface area (Å²) in [6.07, 6.45) is 28.9. The van der Waals surface area contributed by atoms with Gasteiger partial charge in [0.25, 0.3) is 0 Å². The Balaban J connectivity index is 0. The van der Waals surface area contributed by atoms with Crippen LogP contribution in [0, 0.1) is 0 Å². The van der Waals surface area contributed by atoms with Gasteiger partial charge < -0.3 is 9.90 Å². The van der Waals surface area contributed by atoms with Crippen molar-refractivity contribution < 1.29 is 39.5 Å². The summed E-state index contributed by atoms with van der Waals surface area (Å²) in [7, 11) is 0. The third-order valence-corrected chi connectivity index (χ3v) is 5.51. The van der Waals surface area contributed by atoms with Crippen LogP contribution in [0.5, 0.6) is 0 Å². The first kappa shape index (κ1) is 32.1. The Kier molecular flexibility index (Phi) is 28.8. The van der Waals surface area contributed by atoms with Crippen LogP contribution in [0.15, 0.2) is 24.3 Å². The molecular weight excluding hydrogens is 381 g/mol. The first-order chi connectivity index (χ1) is 14.2. The van der Waals surface area contributed by atoms with E-state index in [0.717, 1.165) is 25.9 Å². The predicted molar refractivity (Wildman–Crippen MR) is 125 cm³/mol. The molecule has 0 saturated heterocycles. The molecule has 0 aromatic rings. The number of carbonyl (C=O) groups is 1. The molecule has 0 aliphatic rings. The molecule has 0 aliphatic heterocycles. The summed E-state index contributed by atoms with van der Waals surface area (Å²) in [5, 5.41) is 11.0. The molecule has 0 bridgehead atoms. The largest absolute Gasteiger partial charge is 1.00 e. The van der Waals surface area contributed by atoms with Crippen molar-refractivity contribution in [2.75, 3.05) is 19.6 Å². The van der Waals surface area contributed by atoms with Crippen LogP contribution in [-0.4, -0.2) is 30.5 Å². The van der Waals surface area contributed by atoms with Gasteiger partial charge in [0.2, 0.25) is 0 Å². The normalized spacial score (nSPS) is 11.6. The first-order valence-electron chi connectivity index (χ1n) is 12.3. The number of rotatable bonds is 22. The second-order valence-electron chi connectivity index (χ2n) is 8.31. The van der Waals surface area contributed by atoms with Crippen LogP contribution in [0.4, 0.5) is 0 Å². The summed E-state index contributed by atoms with van der Waals surface area (Å²) in [5.41, 5.74) is 0. The average Bonchev–Trinajstić information content (AvgIpc) is 2.70. The smallest absolute Gasteiger partial charge is 0.549 e. The first-order valence-corrected chi connectivity index (χ1v) is 12.3. The van der Waals surface area contributed by atoms with Crippen LogP contribution in [-0.2, 0) is 4.79 Å². The molecule has 0 radical (unpaired) electrons. The molecule has 0 saturated carbocycles. The number of carbonyl (C=O) groups excluding carboxylic acids is 1. The Hall–Kier alpha value is -0.0900. The minimum absolute atomic E-state index is 0. The standard InChI is InChI=1S/C26H49NO2.Na/c1-3-5-7-9-11-13-15-17-19-21-23-27(25-26(28)29)24-22-20-18-16-14-12-10-8-6-4-2;/h3-6H,7-25H2,1-2H3,(H,28,29);/q;+1/p-1/b5-3+,6-4+;. The van der Waals surface area contributed by atoms with Crippen LogP contribution < -0.4 is 34.7 Å². The summed E-state index contributed by atoms with van der Waals surface area (Å²) in [5.74, 6) is -0.938. The molecule has 170 valence electrons. The maximum absolute atomic E-state index is 11.0. The van der Waals surface area contributed by atoms with Crippen LogP contribution in [0.25, 0.3) is 0 Å². The maximum Gasteiger partial charge on any atom is 1.00 e. The van der Waals surface area contributed by atoms with E-state index in [9.17, 15) is 9.90 Å². The molecule has 0 amide bonds. The number of hydrogen-bond donors (Lipinski definition) is 0. The predicted octanol–water partition coefficient (Wildman–Crippen LogP) is 3.44. The minimum atomic E-state index is -0.938. The average molecular weight is 430 g/mol. The van der Waals surface area contributed by atoms with Crippen molar-refractivity contribution in [3.63, 3.8) is 0 Å². The summed E-state index contributed by atoms with van der Waals surface area (Å²) >= 11 is 0. The molecule has 0 fully saturated rings. The van der Waals surface area contributed by atoms with Gasteiger partial charge in [0.1, 0.15) is 0 Å². The number of allylic oxidation sites excluding steroid dienone is 4. The van der Waals surface area contributed by atoms with E-state index in [4.69, 9.17) is 0 Å². The second kappa shape index (κ2) is 26.9. The number of nitrogens with zero attached hydrogens (tertiary/aromatic N) is 1. The number of hydrogen-bond acceptors (Lipinski definition) is 3. The van der Waals surface area contributed by atoms with Gasteiger partial charge in [-0.25, -0.2) is 0 Å². The van der Waals surface area contributed by atoms with Gasteiger partial charge in [-0.15, -0.1) is 0 Å². The molecule has 0 aromatic heterocycles. The molecule has 0 spiro atoms. The molecule has 0 aromatic carbocycles. The third kappa shape index (κ3) is 25.9. The fourth-order valence-corrected chi connectivity index (χ4v) is 3.75. The minimum Gasteiger partial charge on any atom is -0.549 e.